The molecule has 2 rings (SSSR count). The Hall–Kier alpha value is -0.800. The standard InChI is InChI=1S/C16H18INO3S2/c1-3-5-6-18-15(20)13(23-16(18)22)9-10-7-11(17)14(19)12(8-10)21-4-2/h7-9,19H,3-6H2,1-2H3. The highest BCUT2D eigenvalue weighted by Crippen LogP contribution is 2.36. The van der Waals surface area contributed by atoms with Gasteiger partial charge in [0, 0.05) is 6.54 Å². The molecule has 0 aromatic heterocycles. The van der Waals surface area contributed by atoms with Crippen molar-refractivity contribution in [3.05, 3.63) is 26.2 Å². The Morgan fingerprint density at radius 3 is 2.83 bits per heavy atom. The third-order valence-electron chi connectivity index (χ3n) is 3.26. The van der Waals surface area contributed by atoms with E-state index in [4.69, 9.17) is 17.0 Å². The lowest BCUT2D eigenvalue weighted by Crippen LogP contribution is -2.28. The van der Waals surface area contributed by atoms with Gasteiger partial charge < -0.3 is 9.84 Å². The minimum absolute atomic E-state index is 0.0468. The van der Waals surface area contributed by atoms with Crippen molar-refractivity contribution in [1.29, 1.82) is 0 Å². The van der Waals surface area contributed by atoms with Crippen molar-refractivity contribution in [2.75, 3.05) is 13.2 Å². The first-order valence-corrected chi connectivity index (χ1v) is 9.69. The first-order chi connectivity index (χ1) is 11.0. The fourth-order valence-corrected chi connectivity index (χ4v) is 4.04. The molecule has 0 saturated carbocycles. The number of nitrogens with zero attached hydrogens (tertiary/aromatic N) is 1. The molecule has 23 heavy (non-hydrogen) atoms. The van der Waals surface area contributed by atoms with Gasteiger partial charge in [-0.1, -0.05) is 37.3 Å². The van der Waals surface area contributed by atoms with E-state index in [-0.39, 0.29) is 11.7 Å². The van der Waals surface area contributed by atoms with Crippen LogP contribution in [-0.2, 0) is 4.79 Å². The SMILES string of the molecule is CCCCN1C(=O)C(=Cc2cc(I)c(O)c(OCC)c2)SC1=S. The Bertz CT molecular complexity index is 661. The average Bonchev–Trinajstić information content (AvgIpc) is 2.77. The maximum atomic E-state index is 12.5. The molecular formula is C16H18INO3S2. The Kier molecular flexibility index (Phi) is 6.72. The summed E-state index contributed by atoms with van der Waals surface area (Å²) in [6, 6.07) is 3.55. The van der Waals surface area contributed by atoms with Gasteiger partial charge in [-0.25, -0.2) is 0 Å². The first kappa shape index (κ1) is 18.5. The van der Waals surface area contributed by atoms with Gasteiger partial charge in [0.15, 0.2) is 11.5 Å². The zero-order valence-electron chi connectivity index (χ0n) is 13.0. The molecule has 0 bridgehead atoms. The molecule has 0 aliphatic carbocycles. The number of phenols is 1. The van der Waals surface area contributed by atoms with Crippen LogP contribution in [0.15, 0.2) is 17.0 Å². The van der Waals surface area contributed by atoms with Gasteiger partial charge in [-0.2, -0.15) is 0 Å². The predicted molar refractivity (Wildman–Crippen MR) is 107 cm³/mol. The first-order valence-electron chi connectivity index (χ1n) is 7.38. The van der Waals surface area contributed by atoms with Crippen LogP contribution >= 0.6 is 46.6 Å². The number of benzene rings is 1. The van der Waals surface area contributed by atoms with Gasteiger partial charge in [0.25, 0.3) is 5.91 Å². The van der Waals surface area contributed by atoms with Crippen LogP contribution in [0.2, 0.25) is 0 Å². The van der Waals surface area contributed by atoms with Crippen molar-refractivity contribution in [2.24, 2.45) is 0 Å². The van der Waals surface area contributed by atoms with Crippen LogP contribution in [0.25, 0.3) is 6.08 Å². The van der Waals surface area contributed by atoms with E-state index in [9.17, 15) is 9.90 Å². The molecular weight excluding hydrogens is 445 g/mol. The van der Waals surface area contributed by atoms with E-state index in [2.05, 4.69) is 6.92 Å². The molecule has 1 saturated heterocycles. The molecule has 0 radical (unpaired) electrons. The number of thioether (sulfide) groups is 1. The number of hydrogen-bond donors (Lipinski definition) is 1. The van der Waals surface area contributed by atoms with E-state index >= 15 is 0 Å². The predicted octanol–water partition coefficient (Wildman–Crippen LogP) is 4.40. The van der Waals surface area contributed by atoms with Crippen molar-refractivity contribution < 1.29 is 14.6 Å². The fourth-order valence-electron chi connectivity index (χ4n) is 2.10. The Labute approximate surface area is 159 Å². The van der Waals surface area contributed by atoms with E-state index < -0.39 is 0 Å². The van der Waals surface area contributed by atoms with Gasteiger partial charge in [0.05, 0.1) is 15.1 Å². The molecule has 1 fully saturated rings. The third kappa shape index (κ3) is 4.39. The van der Waals surface area contributed by atoms with Gasteiger partial charge in [-0.05, 0) is 59.7 Å². The van der Waals surface area contributed by atoms with Crippen molar-refractivity contribution >= 4 is 62.9 Å². The lowest BCUT2D eigenvalue weighted by atomic mass is 10.2. The minimum Gasteiger partial charge on any atom is -0.504 e. The molecule has 1 aliphatic rings. The van der Waals surface area contributed by atoms with Gasteiger partial charge >= 0.3 is 0 Å². The maximum Gasteiger partial charge on any atom is 0.266 e. The number of thiocarbonyl (C=S) groups is 1. The summed E-state index contributed by atoms with van der Waals surface area (Å²) in [6.07, 6.45) is 3.75. The number of unbranched alkanes of at least 4 members (excludes halogenated alkanes) is 1. The number of hydrogen-bond acceptors (Lipinski definition) is 5. The Balaban J connectivity index is 2.28. The largest absolute Gasteiger partial charge is 0.504 e. The average molecular weight is 463 g/mol. The highest BCUT2D eigenvalue weighted by Gasteiger charge is 2.31. The number of rotatable bonds is 6. The minimum atomic E-state index is -0.0468. The van der Waals surface area contributed by atoms with Crippen LogP contribution < -0.4 is 4.74 Å². The fraction of sp³-hybridized carbons (Fsp3) is 0.375. The summed E-state index contributed by atoms with van der Waals surface area (Å²) in [4.78, 5) is 14.7. The molecule has 1 aromatic carbocycles. The number of carbonyl (C=O) groups excluding carboxylic acids is 1. The van der Waals surface area contributed by atoms with Crippen molar-refractivity contribution in [2.45, 2.75) is 26.7 Å². The highest BCUT2D eigenvalue weighted by atomic mass is 127. The molecule has 1 aliphatic heterocycles. The van der Waals surface area contributed by atoms with Crippen molar-refractivity contribution in [1.82, 2.24) is 4.90 Å². The van der Waals surface area contributed by atoms with Crippen LogP contribution in [0.5, 0.6) is 11.5 Å². The summed E-state index contributed by atoms with van der Waals surface area (Å²) in [5.41, 5.74) is 0.812. The van der Waals surface area contributed by atoms with Crippen LogP contribution in [0.1, 0.15) is 32.3 Å². The number of halogens is 1. The molecule has 0 atom stereocenters. The summed E-state index contributed by atoms with van der Waals surface area (Å²) in [5.74, 6) is 0.502. The molecule has 1 amide bonds. The monoisotopic (exact) mass is 463 g/mol. The number of phenolic OH excluding ortho intramolecular Hbond substituents is 1. The molecule has 7 heteroatoms. The van der Waals surface area contributed by atoms with E-state index in [1.165, 1.54) is 11.8 Å². The summed E-state index contributed by atoms with van der Waals surface area (Å²) >= 11 is 8.67. The quantitative estimate of drug-likeness (QED) is 0.385. The van der Waals surface area contributed by atoms with Crippen LogP contribution in [0.3, 0.4) is 0 Å². The lowest BCUT2D eigenvalue weighted by Gasteiger charge is -2.13. The third-order valence-corrected chi connectivity index (χ3v) is 5.46. The van der Waals surface area contributed by atoms with Crippen LogP contribution in [0, 0.1) is 3.57 Å². The molecule has 0 unspecified atom stereocenters. The molecule has 4 nitrogen and oxygen atoms in total. The second-order valence-corrected chi connectivity index (χ2v) is 7.81. The molecule has 1 N–H and O–H groups in total. The van der Waals surface area contributed by atoms with Crippen molar-refractivity contribution in [3.63, 3.8) is 0 Å². The van der Waals surface area contributed by atoms with Crippen LogP contribution in [-0.4, -0.2) is 33.4 Å². The molecule has 124 valence electrons. The summed E-state index contributed by atoms with van der Waals surface area (Å²) < 4.78 is 6.72. The van der Waals surface area contributed by atoms with E-state index in [1.54, 1.807) is 17.0 Å². The number of carbonyl (C=O) groups is 1. The van der Waals surface area contributed by atoms with E-state index in [0.29, 0.717) is 31.7 Å². The molecule has 1 aromatic rings. The Morgan fingerprint density at radius 2 is 2.17 bits per heavy atom. The maximum absolute atomic E-state index is 12.5. The molecule has 0 spiro atoms. The molecule has 1 heterocycles. The summed E-state index contributed by atoms with van der Waals surface area (Å²) in [6.45, 7) is 5.07. The lowest BCUT2D eigenvalue weighted by molar-refractivity contribution is -0.122. The van der Waals surface area contributed by atoms with Gasteiger partial charge in [-0.3, -0.25) is 9.69 Å². The van der Waals surface area contributed by atoms with Crippen molar-refractivity contribution in [3.8, 4) is 11.5 Å². The van der Waals surface area contributed by atoms with E-state index in [0.717, 1.165) is 18.4 Å². The second kappa shape index (κ2) is 8.34. The van der Waals surface area contributed by atoms with E-state index in [1.807, 2.05) is 35.6 Å². The normalized spacial score (nSPS) is 16.5. The highest BCUT2D eigenvalue weighted by molar-refractivity contribution is 14.1. The Morgan fingerprint density at radius 1 is 1.43 bits per heavy atom. The van der Waals surface area contributed by atoms with Gasteiger partial charge in [0.1, 0.15) is 4.32 Å². The summed E-state index contributed by atoms with van der Waals surface area (Å²) in [7, 11) is 0. The zero-order chi connectivity index (χ0) is 17.0. The van der Waals surface area contributed by atoms with Crippen LogP contribution in [0.4, 0.5) is 0 Å². The van der Waals surface area contributed by atoms with Gasteiger partial charge in [0.2, 0.25) is 0 Å². The van der Waals surface area contributed by atoms with Gasteiger partial charge in [-0.15, -0.1) is 0 Å². The topological polar surface area (TPSA) is 49.8 Å². The zero-order valence-corrected chi connectivity index (χ0v) is 16.8. The second-order valence-electron chi connectivity index (χ2n) is 4.97. The number of ether oxygens (including phenoxy) is 1. The number of aromatic hydroxyl groups is 1. The smallest absolute Gasteiger partial charge is 0.266 e. The summed E-state index contributed by atoms with van der Waals surface area (Å²) in [5, 5.41) is 9.99. The number of amides is 1.